The molecule has 220 valence electrons. The molecule has 0 bridgehead atoms. The number of benzene rings is 3. The summed E-state index contributed by atoms with van der Waals surface area (Å²) in [6.45, 7) is 0. The maximum atomic E-state index is 13.0. The lowest BCUT2D eigenvalue weighted by Crippen LogP contribution is -2.48. The van der Waals surface area contributed by atoms with E-state index in [0.717, 1.165) is 24.3 Å². The van der Waals surface area contributed by atoms with Crippen molar-refractivity contribution in [1.29, 1.82) is 0 Å². The van der Waals surface area contributed by atoms with Crippen LogP contribution in [0, 0.1) is 0 Å². The monoisotopic (exact) mass is 599 g/mol. The topological polar surface area (TPSA) is 225 Å². The van der Waals surface area contributed by atoms with Crippen molar-refractivity contribution in [2.75, 3.05) is 11.5 Å². The van der Waals surface area contributed by atoms with Gasteiger partial charge in [0.2, 0.25) is 5.78 Å². The van der Waals surface area contributed by atoms with Crippen molar-refractivity contribution in [1.82, 2.24) is 5.32 Å². The lowest BCUT2D eigenvalue weighted by atomic mass is 9.95. The van der Waals surface area contributed by atoms with Gasteiger partial charge in [-0.3, -0.25) is 9.59 Å². The molecule has 1 aliphatic rings. The molecule has 1 saturated heterocycles. The molecule has 13 nitrogen and oxygen atoms in total. The summed E-state index contributed by atoms with van der Waals surface area (Å²) < 4.78 is 30.4. The molecule has 0 saturated carbocycles. The van der Waals surface area contributed by atoms with Gasteiger partial charge >= 0.3 is 11.9 Å². The second kappa shape index (κ2) is 11.8. The molecular formula is C28H25NO12S. The van der Waals surface area contributed by atoms with Crippen LogP contribution in [0.15, 0.2) is 54.6 Å². The van der Waals surface area contributed by atoms with Gasteiger partial charge in [-0.2, -0.15) is 0 Å². The van der Waals surface area contributed by atoms with Crippen LogP contribution >= 0.6 is 0 Å². The van der Waals surface area contributed by atoms with Crippen LogP contribution in [0.4, 0.5) is 0 Å². The van der Waals surface area contributed by atoms with Crippen LogP contribution in [-0.4, -0.2) is 81.2 Å². The van der Waals surface area contributed by atoms with Crippen molar-refractivity contribution < 1.29 is 57.9 Å². The van der Waals surface area contributed by atoms with Gasteiger partial charge in [0, 0.05) is 5.56 Å². The van der Waals surface area contributed by atoms with Crippen LogP contribution < -0.4 is 5.32 Å². The number of ketones is 1. The minimum atomic E-state index is -3.63. The Balaban J connectivity index is 1.60. The molecule has 14 heteroatoms. The fourth-order valence-corrected chi connectivity index (χ4v) is 6.18. The average molecular weight is 600 g/mol. The van der Waals surface area contributed by atoms with Crippen LogP contribution in [0.2, 0.25) is 0 Å². The quantitative estimate of drug-likeness (QED) is 0.169. The van der Waals surface area contributed by atoms with E-state index in [1.54, 1.807) is 0 Å². The van der Waals surface area contributed by atoms with Crippen molar-refractivity contribution >= 4 is 33.5 Å². The van der Waals surface area contributed by atoms with Gasteiger partial charge in [-0.25, -0.2) is 18.0 Å². The first-order valence-corrected chi connectivity index (χ1v) is 14.3. The predicted octanol–water partition coefficient (Wildman–Crippen LogP) is 1.97. The molecule has 0 aliphatic carbocycles. The number of aromatic hydroxyl groups is 4. The molecule has 42 heavy (non-hydrogen) atoms. The Morgan fingerprint density at radius 3 is 2.10 bits per heavy atom. The summed E-state index contributed by atoms with van der Waals surface area (Å²) in [5.74, 6) is -7.98. The normalized spacial score (nSPS) is 17.9. The molecular weight excluding hydrogens is 574 g/mol. The van der Waals surface area contributed by atoms with E-state index in [1.807, 2.05) is 0 Å². The Morgan fingerprint density at radius 2 is 1.48 bits per heavy atom. The third-order valence-corrected chi connectivity index (χ3v) is 8.37. The van der Waals surface area contributed by atoms with Gasteiger partial charge in [-0.05, 0) is 61.4 Å². The summed E-state index contributed by atoms with van der Waals surface area (Å²) >= 11 is 0. The summed E-state index contributed by atoms with van der Waals surface area (Å²) in [5.41, 5.74) is -2.39. The number of amides is 1. The number of hydrogen-bond acceptors (Lipinski definition) is 11. The molecule has 0 unspecified atom stereocenters. The average Bonchev–Trinajstić information content (AvgIpc) is 3.05. The summed E-state index contributed by atoms with van der Waals surface area (Å²) in [5, 5.41) is 52.6. The summed E-state index contributed by atoms with van der Waals surface area (Å²) in [6, 6.07) is 8.85. The van der Waals surface area contributed by atoms with Gasteiger partial charge in [0.25, 0.3) is 5.91 Å². The number of carbonyl (C=O) groups is 4. The van der Waals surface area contributed by atoms with Crippen molar-refractivity contribution in [2.24, 2.45) is 0 Å². The molecule has 3 aromatic rings. The number of carbonyl (C=O) groups excluding carboxylic acids is 3. The van der Waals surface area contributed by atoms with Crippen molar-refractivity contribution in [3.05, 3.63) is 82.4 Å². The highest BCUT2D eigenvalue weighted by atomic mass is 32.2. The summed E-state index contributed by atoms with van der Waals surface area (Å²) in [4.78, 5) is 50.4. The zero-order valence-corrected chi connectivity index (χ0v) is 22.5. The van der Waals surface area contributed by atoms with Gasteiger partial charge in [0.05, 0.1) is 34.2 Å². The molecule has 1 fully saturated rings. The maximum Gasteiger partial charge on any atom is 0.338 e. The van der Waals surface area contributed by atoms with Gasteiger partial charge in [0.15, 0.2) is 9.84 Å². The smallest absolute Gasteiger partial charge is 0.338 e. The lowest BCUT2D eigenvalue weighted by Gasteiger charge is -2.26. The zero-order valence-electron chi connectivity index (χ0n) is 21.7. The number of esters is 1. The fourth-order valence-electron chi connectivity index (χ4n) is 4.56. The molecule has 1 amide bonds. The Morgan fingerprint density at radius 1 is 0.833 bits per heavy atom. The van der Waals surface area contributed by atoms with E-state index < -0.39 is 90.9 Å². The molecule has 0 aromatic heterocycles. The number of sulfone groups is 1. The molecule has 1 heterocycles. The summed E-state index contributed by atoms with van der Waals surface area (Å²) in [6.07, 6.45) is -0.978. The number of phenols is 4. The van der Waals surface area contributed by atoms with Crippen molar-refractivity contribution in [3.8, 4) is 23.0 Å². The number of rotatable bonds is 7. The van der Waals surface area contributed by atoms with Crippen LogP contribution in [0.1, 0.15) is 59.8 Å². The first kappa shape index (κ1) is 29.9. The lowest BCUT2D eigenvalue weighted by molar-refractivity contribution is 0.0198. The highest BCUT2D eigenvalue weighted by molar-refractivity contribution is 7.91. The highest BCUT2D eigenvalue weighted by Crippen LogP contribution is 2.35. The molecule has 4 rings (SSSR count). The van der Waals surface area contributed by atoms with Gasteiger partial charge in [-0.15, -0.1) is 0 Å². The summed E-state index contributed by atoms with van der Waals surface area (Å²) in [7, 11) is -3.63. The minimum Gasteiger partial charge on any atom is -0.508 e. The number of hydrogen-bond donors (Lipinski definition) is 6. The Hall–Kier alpha value is -5.11. The first-order chi connectivity index (χ1) is 19.8. The van der Waals surface area contributed by atoms with E-state index in [1.165, 1.54) is 30.3 Å². The Bertz CT molecular complexity index is 1660. The number of carboxylic acids is 1. The van der Waals surface area contributed by atoms with E-state index in [2.05, 4.69) is 5.32 Å². The third kappa shape index (κ3) is 6.44. The van der Waals surface area contributed by atoms with Crippen LogP contribution in [0.3, 0.4) is 0 Å². The second-order valence-electron chi connectivity index (χ2n) is 9.55. The predicted molar refractivity (Wildman–Crippen MR) is 145 cm³/mol. The van der Waals surface area contributed by atoms with Gasteiger partial charge in [-0.1, -0.05) is 6.07 Å². The molecule has 6 N–H and O–H groups in total. The number of aromatic carboxylic acids is 1. The Labute approximate surface area is 238 Å². The fraction of sp³-hybridized carbons (Fsp3) is 0.214. The Kier molecular flexibility index (Phi) is 8.38. The first-order valence-electron chi connectivity index (χ1n) is 12.4. The van der Waals surface area contributed by atoms with Crippen molar-refractivity contribution in [2.45, 2.75) is 25.0 Å². The van der Waals surface area contributed by atoms with Crippen LogP contribution in [0.25, 0.3) is 0 Å². The molecule has 1 aliphatic heterocycles. The van der Waals surface area contributed by atoms with Gasteiger partial charge < -0.3 is 35.6 Å². The van der Waals surface area contributed by atoms with E-state index >= 15 is 0 Å². The maximum absolute atomic E-state index is 13.0. The number of phenolic OH excluding ortho intramolecular Hbond substituents is 4. The number of nitrogens with one attached hydrogen (secondary N) is 1. The SMILES string of the molecule is O=C(N[C@H]1CS(=O)(=O)CCC[C@@H]1OC(=O)c1cc(O)c(C(=O)c2c(O)cccc2C(=O)O)c(O)c1)c1ccc(O)cc1. The molecule has 2 atom stereocenters. The molecule has 0 radical (unpaired) electrons. The standard InChI is InChI=1S/C28H25NO12S/c30-16-8-6-14(7-9-16)26(35)29-18-13-42(39,40)10-2-5-22(18)41-28(38)15-11-20(32)24(21(33)12-15)25(34)23-17(27(36)37)3-1-4-19(23)31/h1,3-4,6-9,11-12,18,22,30-33H,2,5,10,13H2,(H,29,35)(H,36,37)/t18-,22-/m0/s1. The largest absolute Gasteiger partial charge is 0.508 e. The third-order valence-electron chi connectivity index (χ3n) is 6.59. The number of ether oxygens (including phenoxy) is 1. The van der Waals surface area contributed by atoms with Gasteiger partial charge in [0.1, 0.15) is 34.7 Å². The van der Waals surface area contributed by atoms with E-state index in [9.17, 15) is 53.1 Å². The molecule has 0 spiro atoms. The zero-order chi connectivity index (χ0) is 30.8. The van der Waals surface area contributed by atoms with Crippen LogP contribution in [0.5, 0.6) is 23.0 Å². The van der Waals surface area contributed by atoms with E-state index in [4.69, 9.17) is 4.74 Å². The van der Waals surface area contributed by atoms with Crippen LogP contribution in [-0.2, 0) is 14.6 Å². The molecule has 3 aromatic carbocycles. The van der Waals surface area contributed by atoms with E-state index in [-0.39, 0.29) is 29.9 Å². The number of carboxylic acid groups (broad SMARTS) is 1. The van der Waals surface area contributed by atoms with Crippen molar-refractivity contribution in [3.63, 3.8) is 0 Å². The second-order valence-corrected chi connectivity index (χ2v) is 11.8. The highest BCUT2D eigenvalue weighted by Gasteiger charge is 2.35. The minimum absolute atomic E-state index is 0.0469. The van der Waals surface area contributed by atoms with E-state index in [0.29, 0.717) is 0 Å².